The lowest BCUT2D eigenvalue weighted by molar-refractivity contribution is 0.0158. The smallest absolute Gasteiger partial charge is 0.128 e. The minimum Gasteiger partial charge on any atom is -0.394 e. The van der Waals surface area contributed by atoms with Crippen LogP contribution in [-0.2, 0) is 4.74 Å². The normalized spacial score (nSPS) is 16.6. The Kier molecular flexibility index (Phi) is 5.07. The number of anilines is 1. The molecule has 104 valence electrons. The molecule has 1 aromatic heterocycles. The molecule has 0 unspecified atom stereocenters. The number of rotatable bonds is 5. The predicted octanol–water partition coefficient (Wildman–Crippen LogP) is 0.693. The van der Waals surface area contributed by atoms with Crippen molar-refractivity contribution in [3.8, 4) is 0 Å². The summed E-state index contributed by atoms with van der Waals surface area (Å²) in [6, 6.07) is 3.85. The van der Waals surface area contributed by atoms with Crippen LogP contribution in [0.25, 0.3) is 0 Å². The molecule has 0 saturated carbocycles. The summed E-state index contributed by atoms with van der Waals surface area (Å²) in [7, 11) is 0. The summed E-state index contributed by atoms with van der Waals surface area (Å²) < 4.78 is 5.54. The standard InChI is InChI=1S/C13H19N3O2S/c14-13(19)10-1-2-12(15-9-10)16-5-3-11(4-6-16)18-8-7-17/h1-2,9,11,17H,3-8H2,(H2,14,19). The molecule has 1 saturated heterocycles. The highest BCUT2D eigenvalue weighted by molar-refractivity contribution is 7.80. The Hall–Kier alpha value is -1.24. The first kappa shape index (κ1) is 14.2. The van der Waals surface area contributed by atoms with E-state index in [2.05, 4.69) is 9.88 Å². The number of pyridine rings is 1. The Balaban J connectivity index is 1.88. The molecule has 3 N–H and O–H groups in total. The van der Waals surface area contributed by atoms with E-state index in [0.717, 1.165) is 37.3 Å². The van der Waals surface area contributed by atoms with Crippen molar-refractivity contribution in [1.29, 1.82) is 0 Å². The van der Waals surface area contributed by atoms with Gasteiger partial charge >= 0.3 is 0 Å². The molecule has 0 amide bonds. The summed E-state index contributed by atoms with van der Waals surface area (Å²) in [4.78, 5) is 6.98. The van der Waals surface area contributed by atoms with Gasteiger partial charge in [-0.3, -0.25) is 0 Å². The van der Waals surface area contributed by atoms with E-state index in [-0.39, 0.29) is 12.7 Å². The van der Waals surface area contributed by atoms with E-state index in [1.807, 2.05) is 12.1 Å². The van der Waals surface area contributed by atoms with Crippen LogP contribution >= 0.6 is 12.2 Å². The molecule has 2 heterocycles. The summed E-state index contributed by atoms with van der Waals surface area (Å²) in [5, 5.41) is 8.73. The van der Waals surface area contributed by atoms with Crippen LogP contribution in [0.15, 0.2) is 18.3 Å². The van der Waals surface area contributed by atoms with Gasteiger partial charge in [0.15, 0.2) is 0 Å². The number of hydrogen-bond acceptors (Lipinski definition) is 5. The van der Waals surface area contributed by atoms with Crippen molar-refractivity contribution in [2.45, 2.75) is 18.9 Å². The maximum absolute atomic E-state index is 8.73. The Bertz CT molecular complexity index is 416. The molecule has 0 aromatic carbocycles. The van der Waals surface area contributed by atoms with E-state index < -0.39 is 0 Å². The van der Waals surface area contributed by atoms with Gasteiger partial charge in [0.2, 0.25) is 0 Å². The number of ether oxygens (including phenoxy) is 1. The summed E-state index contributed by atoms with van der Waals surface area (Å²) in [5.74, 6) is 0.945. The van der Waals surface area contributed by atoms with Crippen LogP contribution in [0.3, 0.4) is 0 Å². The third-order valence-corrected chi connectivity index (χ3v) is 3.48. The van der Waals surface area contributed by atoms with Gasteiger partial charge in [0.25, 0.3) is 0 Å². The number of nitrogens with two attached hydrogens (primary N) is 1. The molecule has 19 heavy (non-hydrogen) atoms. The van der Waals surface area contributed by atoms with Gasteiger partial charge in [-0.15, -0.1) is 0 Å². The lowest BCUT2D eigenvalue weighted by atomic mass is 10.1. The molecule has 1 fully saturated rings. The number of hydrogen-bond donors (Lipinski definition) is 2. The van der Waals surface area contributed by atoms with Gasteiger partial charge in [-0.1, -0.05) is 12.2 Å². The van der Waals surface area contributed by atoms with Crippen LogP contribution in [0.1, 0.15) is 18.4 Å². The predicted molar refractivity (Wildman–Crippen MR) is 78.4 cm³/mol. The Morgan fingerprint density at radius 3 is 2.74 bits per heavy atom. The van der Waals surface area contributed by atoms with E-state index >= 15 is 0 Å². The molecule has 1 aromatic rings. The molecule has 0 bridgehead atoms. The average molecular weight is 281 g/mol. The zero-order valence-corrected chi connectivity index (χ0v) is 11.6. The van der Waals surface area contributed by atoms with Gasteiger partial charge in [0.05, 0.1) is 19.3 Å². The zero-order chi connectivity index (χ0) is 13.7. The largest absolute Gasteiger partial charge is 0.394 e. The Morgan fingerprint density at radius 1 is 1.47 bits per heavy atom. The van der Waals surface area contributed by atoms with Crippen LogP contribution in [0, 0.1) is 0 Å². The van der Waals surface area contributed by atoms with Gasteiger partial charge in [0, 0.05) is 24.8 Å². The summed E-state index contributed by atoms with van der Waals surface area (Å²) in [6.07, 6.45) is 3.88. The first-order chi connectivity index (χ1) is 9.20. The molecule has 0 spiro atoms. The first-order valence-corrected chi connectivity index (χ1v) is 6.85. The van der Waals surface area contributed by atoms with Gasteiger partial charge in [-0.2, -0.15) is 0 Å². The van der Waals surface area contributed by atoms with Crippen molar-refractivity contribution in [1.82, 2.24) is 4.98 Å². The second kappa shape index (κ2) is 6.79. The summed E-state index contributed by atoms with van der Waals surface area (Å²) in [5.41, 5.74) is 6.34. The van der Waals surface area contributed by atoms with Gasteiger partial charge < -0.3 is 20.5 Å². The second-order valence-corrected chi connectivity index (χ2v) is 4.99. The maximum Gasteiger partial charge on any atom is 0.128 e. The van der Waals surface area contributed by atoms with Crippen molar-refractivity contribution in [3.05, 3.63) is 23.9 Å². The molecule has 1 aliphatic heterocycles. The van der Waals surface area contributed by atoms with Crippen molar-refractivity contribution in [2.75, 3.05) is 31.2 Å². The second-order valence-electron chi connectivity index (χ2n) is 4.55. The van der Waals surface area contributed by atoms with Crippen LogP contribution in [0.5, 0.6) is 0 Å². The minimum atomic E-state index is 0.0855. The van der Waals surface area contributed by atoms with Crippen LogP contribution in [-0.4, -0.2) is 47.5 Å². The highest BCUT2D eigenvalue weighted by atomic mass is 32.1. The quantitative estimate of drug-likeness (QED) is 0.774. The number of thiocarbonyl (C=S) groups is 1. The van der Waals surface area contributed by atoms with E-state index in [1.54, 1.807) is 6.20 Å². The van der Waals surface area contributed by atoms with Crippen molar-refractivity contribution in [2.24, 2.45) is 5.73 Å². The van der Waals surface area contributed by atoms with Gasteiger partial charge in [0.1, 0.15) is 10.8 Å². The number of aromatic nitrogens is 1. The Labute approximate surface area is 118 Å². The lowest BCUT2D eigenvalue weighted by Crippen LogP contribution is -2.37. The summed E-state index contributed by atoms with van der Waals surface area (Å²) >= 11 is 4.90. The highest BCUT2D eigenvalue weighted by Crippen LogP contribution is 2.19. The lowest BCUT2D eigenvalue weighted by Gasteiger charge is -2.32. The van der Waals surface area contributed by atoms with Crippen molar-refractivity contribution in [3.63, 3.8) is 0 Å². The van der Waals surface area contributed by atoms with E-state index in [1.165, 1.54) is 0 Å². The third kappa shape index (κ3) is 3.86. The molecule has 0 radical (unpaired) electrons. The zero-order valence-electron chi connectivity index (χ0n) is 10.8. The Morgan fingerprint density at radius 2 is 2.21 bits per heavy atom. The molecular weight excluding hydrogens is 262 g/mol. The number of aliphatic hydroxyl groups is 1. The molecule has 0 aliphatic carbocycles. The average Bonchev–Trinajstić information content (AvgIpc) is 2.46. The fraction of sp³-hybridized carbons (Fsp3) is 0.538. The maximum atomic E-state index is 8.73. The SMILES string of the molecule is NC(=S)c1ccc(N2CCC(OCCO)CC2)nc1. The van der Waals surface area contributed by atoms with E-state index in [9.17, 15) is 0 Å². The number of piperidine rings is 1. The molecular formula is C13H19N3O2S. The van der Waals surface area contributed by atoms with Crippen LogP contribution in [0.2, 0.25) is 0 Å². The molecule has 2 rings (SSSR count). The molecule has 1 aliphatic rings. The van der Waals surface area contributed by atoms with Crippen molar-refractivity contribution >= 4 is 23.0 Å². The molecule has 6 heteroatoms. The van der Waals surface area contributed by atoms with E-state index in [4.69, 9.17) is 27.8 Å². The van der Waals surface area contributed by atoms with Crippen LogP contribution in [0.4, 0.5) is 5.82 Å². The van der Waals surface area contributed by atoms with Gasteiger partial charge in [-0.05, 0) is 25.0 Å². The third-order valence-electron chi connectivity index (χ3n) is 3.24. The highest BCUT2D eigenvalue weighted by Gasteiger charge is 2.20. The molecule has 5 nitrogen and oxygen atoms in total. The fourth-order valence-electron chi connectivity index (χ4n) is 2.19. The molecule has 0 atom stereocenters. The summed E-state index contributed by atoms with van der Waals surface area (Å²) in [6.45, 7) is 2.33. The van der Waals surface area contributed by atoms with Crippen molar-refractivity contribution < 1.29 is 9.84 Å². The van der Waals surface area contributed by atoms with Gasteiger partial charge in [-0.25, -0.2) is 4.98 Å². The monoisotopic (exact) mass is 281 g/mol. The minimum absolute atomic E-state index is 0.0855. The fourth-order valence-corrected chi connectivity index (χ4v) is 2.31. The first-order valence-electron chi connectivity index (χ1n) is 6.44. The number of nitrogens with zero attached hydrogens (tertiary/aromatic N) is 2. The van der Waals surface area contributed by atoms with E-state index in [0.29, 0.717) is 11.6 Å². The number of aliphatic hydroxyl groups excluding tert-OH is 1. The van der Waals surface area contributed by atoms with Crippen LogP contribution < -0.4 is 10.6 Å². The topological polar surface area (TPSA) is 71.6 Å².